The summed E-state index contributed by atoms with van der Waals surface area (Å²) in [5.41, 5.74) is 2.18. The van der Waals surface area contributed by atoms with Gasteiger partial charge in [-0.15, -0.1) is 0 Å². The summed E-state index contributed by atoms with van der Waals surface area (Å²) >= 11 is 6.07. The third kappa shape index (κ3) is 4.01. The molecule has 1 N–H and O–H groups in total. The highest BCUT2D eigenvalue weighted by Crippen LogP contribution is 2.33. The molecule has 1 atom stereocenters. The molecule has 1 saturated heterocycles. The van der Waals surface area contributed by atoms with Crippen molar-refractivity contribution in [3.05, 3.63) is 47.0 Å². The standard InChI is InChI=1S/C20H21ClN2O4/c1-12-4-5-14(21)9-17(12)23-11-13(8-19(23)24)20(25)22-16-10-15(26-2)6-7-18(16)27-3/h4-7,9-10,13H,8,11H2,1-3H3,(H,22,25). The van der Waals surface area contributed by atoms with E-state index >= 15 is 0 Å². The molecule has 0 spiro atoms. The number of nitrogens with zero attached hydrogens (tertiary/aromatic N) is 1. The number of anilines is 2. The number of aryl methyl sites for hydroxylation is 1. The number of ether oxygens (including phenoxy) is 2. The van der Waals surface area contributed by atoms with Crippen LogP contribution in [0, 0.1) is 12.8 Å². The Morgan fingerprint density at radius 1 is 1.19 bits per heavy atom. The smallest absolute Gasteiger partial charge is 0.229 e. The minimum atomic E-state index is -0.466. The zero-order valence-electron chi connectivity index (χ0n) is 15.4. The van der Waals surface area contributed by atoms with Crippen molar-refractivity contribution in [3.8, 4) is 11.5 Å². The van der Waals surface area contributed by atoms with Gasteiger partial charge in [-0.3, -0.25) is 9.59 Å². The first-order valence-electron chi connectivity index (χ1n) is 8.52. The summed E-state index contributed by atoms with van der Waals surface area (Å²) in [4.78, 5) is 26.9. The van der Waals surface area contributed by atoms with Gasteiger partial charge in [0.25, 0.3) is 0 Å². The summed E-state index contributed by atoms with van der Waals surface area (Å²) in [6, 6.07) is 10.5. The van der Waals surface area contributed by atoms with E-state index in [1.165, 1.54) is 7.11 Å². The molecule has 3 rings (SSSR count). The zero-order valence-corrected chi connectivity index (χ0v) is 16.2. The van der Waals surface area contributed by atoms with E-state index in [0.717, 1.165) is 11.3 Å². The van der Waals surface area contributed by atoms with Crippen LogP contribution in [-0.4, -0.2) is 32.6 Å². The summed E-state index contributed by atoms with van der Waals surface area (Å²) < 4.78 is 10.5. The highest BCUT2D eigenvalue weighted by molar-refractivity contribution is 6.31. The molecule has 2 amide bonds. The minimum absolute atomic E-state index is 0.0990. The molecule has 0 aliphatic carbocycles. The topological polar surface area (TPSA) is 67.9 Å². The van der Waals surface area contributed by atoms with Crippen LogP contribution in [0.25, 0.3) is 0 Å². The lowest BCUT2D eigenvalue weighted by Crippen LogP contribution is -2.28. The van der Waals surface area contributed by atoms with E-state index in [1.807, 2.05) is 13.0 Å². The number of methoxy groups -OCH3 is 2. The van der Waals surface area contributed by atoms with Crippen LogP contribution in [0.4, 0.5) is 11.4 Å². The molecular formula is C20H21ClN2O4. The fourth-order valence-corrected chi connectivity index (χ4v) is 3.30. The van der Waals surface area contributed by atoms with E-state index in [0.29, 0.717) is 28.8 Å². The first-order valence-corrected chi connectivity index (χ1v) is 8.90. The van der Waals surface area contributed by atoms with Crippen molar-refractivity contribution < 1.29 is 19.1 Å². The largest absolute Gasteiger partial charge is 0.497 e. The number of carbonyl (C=O) groups excluding carboxylic acids is 2. The lowest BCUT2D eigenvalue weighted by atomic mass is 10.1. The monoisotopic (exact) mass is 388 g/mol. The van der Waals surface area contributed by atoms with Crippen molar-refractivity contribution in [2.24, 2.45) is 5.92 Å². The normalized spacial score (nSPS) is 16.4. The lowest BCUT2D eigenvalue weighted by Gasteiger charge is -2.19. The SMILES string of the molecule is COc1ccc(OC)c(NC(=O)C2CC(=O)N(c3cc(Cl)ccc3C)C2)c1. The van der Waals surface area contributed by atoms with Gasteiger partial charge >= 0.3 is 0 Å². The fourth-order valence-electron chi connectivity index (χ4n) is 3.14. The average molecular weight is 389 g/mol. The van der Waals surface area contributed by atoms with Crippen LogP contribution in [0.3, 0.4) is 0 Å². The third-order valence-electron chi connectivity index (χ3n) is 4.62. The Morgan fingerprint density at radius 3 is 2.67 bits per heavy atom. The number of halogens is 1. The second-order valence-corrected chi connectivity index (χ2v) is 6.83. The maximum Gasteiger partial charge on any atom is 0.229 e. The number of benzene rings is 2. The van der Waals surface area contributed by atoms with Crippen LogP contribution < -0.4 is 19.7 Å². The molecule has 1 aliphatic heterocycles. The molecule has 6 nitrogen and oxygen atoms in total. The predicted molar refractivity (Wildman–Crippen MR) is 105 cm³/mol. The van der Waals surface area contributed by atoms with Crippen molar-refractivity contribution in [3.63, 3.8) is 0 Å². The predicted octanol–water partition coefficient (Wildman–Crippen LogP) is 3.66. The Kier molecular flexibility index (Phi) is 5.56. The Hall–Kier alpha value is -2.73. The lowest BCUT2D eigenvalue weighted by molar-refractivity contribution is -0.122. The molecule has 0 radical (unpaired) electrons. The van der Waals surface area contributed by atoms with Crippen molar-refractivity contribution >= 4 is 34.8 Å². The minimum Gasteiger partial charge on any atom is -0.497 e. The van der Waals surface area contributed by atoms with E-state index < -0.39 is 5.92 Å². The number of amides is 2. The van der Waals surface area contributed by atoms with Gasteiger partial charge < -0.3 is 19.7 Å². The molecule has 0 saturated carbocycles. The van der Waals surface area contributed by atoms with Gasteiger partial charge in [-0.1, -0.05) is 17.7 Å². The van der Waals surface area contributed by atoms with Gasteiger partial charge in [-0.2, -0.15) is 0 Å². The Labute approximate surface area is 163 Å². The number of nitrogens with one attached hydrogen (secondary N) is 1. The van der Waals surface area contributed by atoms with E-state index in [2.05, 4.69) is 5.32 Å². The molecule has 7 heteroatoms. The quantitative estimate of drug-likeness (QED) is 0.848. The molecule has 0 bridgehead atoms. The van der Waals surface area contributed by atoms with Crippen molar-refractivity contribution in [2.45, 2.75) is 13.3 Å². The van der Waals surface area contributed by atoms with Gasteiger partial charge in [-0.25, -0.2) is 0 Å². The van der Waals surface area contributed by atoms with Gasteiger partial charge in [0.1, 0.15) is 11.5 Å². The molecule has 1 unspecified atom stereocenters. The molecule has 142 valence electrons. The van der Waals surface area contributed by atoms with Gasteiger partial charge in [0.2, 0.25) is 11.8 Å². The Balaban J connectivity index is 1.77. The summed E-state index contributed by atoms with van der Waals surface area (Å²) in [6.45, 7) is 2.21. The van der Waals surface area contributed by atoms with Gasteiger partial charge in [-0.05, 0) is 36.8 Å². The van der Waals surface area contributed by atoms with Crippen molar-refractivity contribution in [1.29, 1.82) is 0 Å². The van der Waals surface area contributed by atoms with E-state index in [-0.39, 0.29) is 18.2 Å². The number of rotatable bonds is 5. The number of hydrogen-bond donors (Lipinski definition) is 1. The van der Waals surface area contributed by atoms with Crippen LogP contribution in [0.5, 0.6) is 11.5 Å². The number of hydrogen-bond acceptors (Lipinski definition) is 4. The third-order valence-corrected chi connectivity index (χ3v) is 4.86. The second-order valence-electron chi connectivity index (χ2n) is 6.39. The molecule has 2 aromatic rings. The Morgan fingerprint density at radius 2 is 1.96 bits per heavy atom. The van der Waals surface area contributed by atoms with E-state index in [1.54, 1.807) is 42.3 Å². The fraction of sp³-hybridized carbons (Fsp3) is 0.300. The summed E-state index contributed by atoms with van der Waals surface area (Å²) in [6.07, 6.45) is 0.143. The average Bonchev–Trinajstić information content (AvgIpc) is 3.05. The Bertz CT molecular complexity index is 884. The number of carbonyl (C=O) groups is 2. The first kappa shape index (κ1) is 19.0. The van der Waals surface area contributed by atoms with Gasteiger partial charge in [0, 0.05) is 29.7 Å². The molecule has 2 aromatic carbocycles. The van der Waals surface area contributed by atoms with Gasteiger partial charge in [0.15, 0.2) is 0 Å². The van der Waals surface area contributed by atoms with Crippen LogP contribution in [0.2, 0.25) is 5.02 Å². The van der Waals surface area contributed by atoms with Crippen LogP contribution in [0.15, 0.2) is 36.4 Å². The summed E-state index contributed by atoms with van der Waals surface area (Å²) in [5, 5.41) is 3.40. The second kappa shape index (κ2) is 7.88. The van der Waals surface area contributed by atoms with Crippen LogP contribution in [0.1, 0.15) is 12.0 Å². The van der Waals surface area contributed by atoms with Crippen LogP contribution in [-0.2, 0) is 9.59 Å². The van der Waals surface area contributed by atoms with Crippen LogP contribution >= 0.6 is 11.6 Å². The molecule has 0 aromatic heterocycles. The molecule has 27 heavy (non-hydrogen) atoms. The zero-order chi connectivity index (χ0) is 19.6. The van der Waals surface area contributed by atoms with Gasteiger partial charge in [0.05, 0.1) is 25.8 Å². The van der Waals surface area contributed by atoms with E-state index in [9.17, 15) is 9.59 Å². The summed E-state index contributed by atoms with van der Waals surface area (Å²) in [7, 11) is 3.08. The highest BCUT2D eigenvalue weighted by atomic mass is 35.5. The van der Waals surface area contributed by atoms with E-state index in [4.69, 9.17) is 21.1 Å². The maximum atomic E-state index is 12.7. The first-order chi connectivity index (χ1) is 12.9. The summed E-state index contributed by atoms with van der Waals surface area (Å²) in [5.74, 6) is 0.322. The maximum absolute atomic E-state index is 12.7. The van der Waals surface area contributed by atoms with Crippen molar-refractivity contribution in [1.82, 2.24) is 0 Å². The molecule has 1 fully saturated rings. The molecular weight excluding hydrogens is 368 g/mol. The molecule has 1 heterocycles. The molecule has 1 aliphatic rings. The highest BCUT2D eigenvalue weighted by Gasteiger charge is 2.36. The van der Waals surface area contributed by atoms with Crippen molar-refractivity contribution in [2.75, 3.05) is 31.0 Å².